The number of carbonyl (C=O) groups excluding carboxylic acids is 2. The van der Waals surface area contributed by atoms with Crippen LogP contribution in [-0.2, 0) is 9.53 Å². The average molecular weight is 342 g/mol. The first-order valence-corrected chi connectivity index (χ1v) is 7.55. The van der Waals surface area contributed by atoms with Gasteiger partial charge in [-0.15, -0.1) is 0 Å². The van der Waals surface area contributed by atoms with Crippen LogP contribution in [0.2, 0.25) is 5.02 Å². The summed E-state index contributed by atoms with van der Waals surface area (Å²) in [4.78, 5) is 25.0. The molecule has 1 aromatic carbocycles. The van der Waals surface area contributed by atoms with Crippen LogP contribution in [0.3, 0.4) is 0 Å². The van der Waals surface area contributed by atoms with Crippen molar-refractivity contribution in [2.75, 3.05) is 4.90 Å². The minimum atomic E-state index is -0.950. The van der Waals surface area contributed by atoms with Crippen LogP contribution in [0.1, 0.15) is 34.1 Å². The highest BCUT2D eigenvalue weighted by Crippen LogP contribution is 2.36. The SMILES string of the molecule is CCC(C)=C1OC(=O)N(c2cc(OC(C)C)c(Cl)cc2F)C1=O. The van der Waals surface area contributed by atoms with Crippen molar-refractivity contribution in [2.24, 2.45) is 0 Å². The molecular formula is C16H17ClFNO4. The molecule has 1 fully saturated rings. The number of nitrogens with zero attached hydrogens (tertiary/aromatic N) is 1. The molecule has 0 unspecified atom stereocenters. The summed E-state index contributed by atoms with van der Waals surface area (Å²) in [5.74, 6) is -1.40. The van der Waals surface area contributed by atoms with E-state index in [-0.39, 0.29) is 28.3 Å². The van der Waals surface area contributed by atoms with Crippen LogP contribution in [-0.4, -0.2) is 18.1 Å². The Balaban J connectivity index is 2.50. The molecule has 0 saturated carbocycles. The zero-order valence-electron chi connectivity index (χ0n) is 13.3. The van der Waals surface area contributed by atoms with Crippen molar-refractivity contribution in [1.82, 2.24) is 0 Å². The average Bonchev–Trinajstić information content (AvgIpc) is 2.76. The highest BCUT2D eigenvalue weighted by atomic mass is 35.5. The number of hydrogen-bond acceptors (Lipinski definition) is 4. The van der Waals surface area contributed by atoms with Gasteiger partial charge in [0.2, 0.25) is 0 Å². The molecule has 1 heterocycles. The molecule has 0 radical (unpaired) electrons. The second kappa shape index (κ2) is 6.58. The predicted octanol–water partition coefficient (Wildman–Crippen LogP) is 4.43. The topological polar surface area (TPSA) is 55.8 Å². The lowest BCUT2D eigenvalue weighted by Gasteiger charge is -2.16. The van der Waals surface area contributed by atoms with E-state index in [9.17, 15) is 14.0 Å². The molecule has 2 rings (SSSR count). The minimum Gasteiger partial charge on any atom is -0.489 e. The van der Waals surface area contributed by atoms with Crippen molar-refractivity contribution < 1.29 is 23.5 Å². The van der Waals surface area contributed by atoms with Gasteiger partial charge < -0.3 is 9.47 Å². The van der Waals surface area contributed by atoms with Gasteiger partial charge in [-0.05, 0) is 38.8 Å². The fourth-order valence-electron chi connectivity index (χ4n) is 2.03. The van der Waals surface area contributed by atoms with Crippen LogP contribution in [0.15, 0.2) is 23.5 Å². The van der Waals surface area contributed by atoms with Crippen LogP contribution < -0.4 is 9.64 Å². The molecule has 2 amide bonds. The second-order valence-electron chi connectivity index (χ2n) is 5.37. The lowest BCUT2D eigenvalue weighted by Crippen LogP contribution is -2.29. The summed E-state index contributed by atoms with van der Waals surface area (Å²) in [5.41, 5.74) is 0.359. The fraction of sp³-hybridized carbons (Fsp3) is 0.375. The molecule has 1 aliphatic rings. The van der Waals surface area contributed by atoms with Crippen LogP contribution >= 0.6 is 11.6 Å². The molecule has 124 valence electrons. The fourth-order valence-corrected chi connectivity index (χ4v) is 2.23. The van der Waals surface area contributed by atoms with E-state index < -0.39 is 17.8 Å². The molecule has 0 aromatic heterocycles. The number of benzene rings is 1. The van der Waals surface area contributed by atoms with Gasteiger partial charge in [0.15, 0.2) is 5.76 Å². The van der Waals surface area contributed by atoms with E-state index in [0.29, 0.717) is 16.9 Å². The van der Waals surface area contributed by atoms with Crippen molar-refractivity contribution in [3.8, 4) is 5.75 Å². The van der Waals surface area contributed by atoms with Gasteiger partial charge in [0, 0.05) is 6.07 Å². The summed E-state index contributed by atoms with van der Waals surface area (Å²) in [6.45, 7) is 7.05. The zero-order chi connectivity index (χ0) is 17.3. The molecule has 1 aliphatic heterocycles. The summed E-state index contributed by atoms with van der Waals surface area (Å²) < 4.78 is 24.7. The smallest absolute Gasteiger partial charge is 0.427 e. The number of allylic oxidation sites excluding steroid dienone is 1. The molecule has 0 aliphatic carbocycles. The van der Waals surface area contributed by atoms with Crippen LogP contribution in [0.25, 0.3) is 0 Å². The number of hydrogen-bond donors (Lipinski definition) is 0. The van der Waals surface area contributed by atoms with Crippen molar-refractivity contribution in [2.45, 2.75) is 40.2 Å². The first kappa shape index (κ1) is 17.3. The van der Waals surface area contributed by atoms with E-state index in [0.717, 1.165) is 6.07 Å². The van der Waals surface area contributed by atoms with Crippen molar-refractivity contribution in [3.63, 3.8) is 0 Å². The normalized spacial score (nSPS) is 16.9. The van der Waals surface area contributed by atoms with Gasteiger partial charge in [-0.25, -0.2) is 14.1 Å². The van der Waals surface area contributed by atoms with Gasteiger partial charge >= 0.3 is 12.0 Å². The molecule has 0 spiro atoms. The monoisotopic (exact) mass is 341 g/mol. The standard InChI is InChI=1S/C16H17ClFNO4/c1-5-9(4)14-15(20)19(16(21)23-14)12-7-13(22-8(2)3)10(17)6-11(12)18/h6-8H,5H2,1-4H3. The highest BCUT2D eigenvalue weighted by molar-refractivity contribution is 6.32. The van der Waals surface area contributed by atoms with Gasteiger partial charge in [0.25, 0.3) is 0 Å². The number of amides is 2. The maximum Gasteiger partial charge on any atom is 0.427 e. The lowest BCUT2D eigenvalue weighted by molar-refractivity contribution is -0.114. The largest absolute Gasteiger partial charge is 0.489 e. The molecule has 5 nitrogen and oxygen atoms in total. The van der Waals surface area contributed by atoms with Gasteiger partial charge in [-0.1, -0.05) is 18.5 Å². The van der Waals surface area contributed by atoms with Gasteiger partial charge in [0.05, 0.1) is 16.8 Å². The Kier molecular flexibility index (Phi) is 4.94. The third-order valence-electron chi connectivity index (χ3n) is 3.29. The Morgan fingerprint density at radius 1 is 1.39 bits per heavy atom. The van der Waals surface area contributed by atoms with E-state index in [1.54, 1.807) is 20.8 Å². The van der Waals surface area contributed by atoms with E-state index in [2.05, 4.69) is 0 Å². The van der Waals surface area contributed by atoms with Crippen LogP contribution in [0.4, 0.5) is 14.9 Å². The summed E-state index contributed by atoms with van der Waals surface area (Å²) in [7, 11) is 0. The predicted molar refractivity (Wildman–Crippen MR) is 84.1 cm³/mol. The maximum absolute atomic E-state index is 14.2. The van der Waals surface area contributed by atoms with Crippen molar-refractivity contribution >= 4 is 29.3 Å². The van der Waals surface area contributed by atoms with Crippen molar-refractivity contribution in [1.29, 1.82) is 0 Å². The lowest BCUT2D eigenvalue weighted by atomic mass is 10.2. The molecule has 23 heavy (non-hydrogen) atoms. The third kappa shape index (κ3) is 3.32. The summed E-state index contributed by atoms with van der Waals surface area (Å²) >= 11 is 5.93. The molecule has 1 saturated heterocycles. The molecule has 0 N–H and O–H groups in total. The van der Waals surface area contributed by atoms with Crippen LogP contribution in [0.5, 0.6) is 5.75 Å². The quantitative estimate of drug-likeness (QED) is 0.760. The van der Waals surface area contributed by atoms with Gasteiger partial charge in [-0.3, -0.25) is 4.79 Å². The van der Waals surface area contributed by atoms with E-state index in [1.807, 2.05) is 6.92 Å². The molecule has 1 aromatic rings. The van der Waals surface area contributed by atoms with E-state index in [1.165, 1.54) is 6.07 Å². The number of rotatable bonds is 4. The van der Waals surface area contributed by atoms with E-state index >= 15 is 0 Å². The minimum absolute atomic E-state index is 0.0560. The third-order valence-corrected chi connectivity index (χ3v) is 3.59. The zero-order valence-corrected chi connectivity index (χ0v) is 14.0. The molecule has 0 atom stereocenters. The number of imide groups is 1. The first-order chi connectivity index (χ1) is 10.8. The summed E-state index contributed by atoms with van der Waals surface area (Å²) in [5, 5.41) is 0.0560. The Morgan fingerprint density at radius 2 is 2.04 bits per heavy atom. The maximum atomic E-state index is 14.2. The molecule has 0 bridgehead atoms. The summed E-state index contributed by atoms with van der Waals surface area (Å²) in [6, 6.07) is 2.23. The number of cyclic esters (lactones) is 1. The second-order valence-corrected chi connectivity index (χ2v) is 5.78. The van der Waals surface area contributed by atoms with Crippen LogP contribution in [0, 0.1) is 5.82 Å². The number of halogens is 2. The summed E-state index contributed by atoms with van der Waals surface area (Å²) in [6.07, 6.45) is -0.619. The Bertz CT molecular complexity index is 700. The number of carbonyl (C=O) groups is 2. The molecular weight excluding hydrogens is 325 g/mol. The number of ether oxygens (including phenoxy) is 2. The van der Waals surface area contributed by atoms with Gasteiger partial charge in [-0.2, -0.15) is 0 Å². The molecule has 7 heteroatoms. The van der Waals surface area contributed by atoms with E-state index in [4.69, 9.17) is 21.1 Å². The van der Waals surface area contributed by atoms with Gasteiger partial charge in [0.1, 0.15) is 11.6 Å². The Hall–Kier alpha value is -2.08. The Labute approximate surface area is 138 Å². The van der Waals surface area contributed by atoms with Crippen molar-refractivity contribution in [3.05, 3.63) is 34.3 Å². The Morgan fingerprint density at radius 3 is 2.61 bits per heavy atom. The first-order valence-electron chi connectivity index (χ1n) is 7.18. The highest BCUT2D eigenvalue weighted by Gasteiger charge is 2.40. The number of anilines is 1.